The summed E-state index contributed by atoms with van der Waals surface area (Å²) >= 11 is 7.75. The third-order valence-electron chi connectivity index (χ3n) is 3.12. The van der Waals surface area contributed by atoms with E-state index in [1.54, 1.807) is 17.8 Å². The molecule has 0 saturated carbocycles. The van der Waals surface area contributed by atoms with Crippen molar-refractivity contribution in [3.05, 3.63) is 58.1 Å². The summed E-state index contributed by atoms with van der Waals surface area (Å²) in [6.07, 6.45) is 0. The van der Waals surface area contributed by atoms with Gasteiger partial charge >= 0.3 is 5.97 Å². The molecule has 2 rings (SSSR count). The van der Waals surface area contributed by atoms with E-state index in [-0.39, 0.29) is 0 Å². The largest absolute Gasteiger partial charge is 0.465 e. The third kappa shape index (κ3) is 3.71. The molecule has 2 aromatic rings. The number of benzene rings is 2. The highest BCUT2D eigenvalue weighted by Gasteiger charge is 2.14. The van der Waals surface area contributed by atoms with Crippen molar-refractivity contribution in [2.45, 2.75) is 17.6 Å². The van der Waals surface area contributed by atoms with Gasteiger partial charge in [0.05, 0.1) is 12.7 Å². The Labute approximate surface area is 133 Å². The zero-order chi connectivity index (χ0) is 15.4. The minimum Gasteiger partial charge on any atom is -0.465 e. The van der Waals surface area contributed by atoms with E-state index in [4.69, 9.17) is 22.1 Å². The zero-order valence-corrected chi connectivity index (χ0v) is 13.4. The molecule has 110 valence electrons. The second-order valence-electron chi connectivity index (χ2n) is 4.57. The number of nitrogen functional groups attached to an aromatic ring is 1. The van der Waals surface area contributed by atoms with E-state index < -0.39 is 5.97 Å². The predicted molar refractivity (Wildman–Crippen MR) is 87.9 cm³/mol. The van der Waals surface area contributed by atoms with Crippen molar-refractivity contribution in [1.82, 2.24) is 0 Å². The molecule has 0 fully saturated rings. The van der Waals surface area contributed by atoms with E-state index in [0.29, 0.717) is 11.3 Å². The lowest BCUT2D eigenvalue weighted by Crippen LogP contribution is -2.07. The topological polar surface area (TPSA) is 52.3 Å². The Hall–Kier alpha value is -1.65. The number of nitrogens with two attached hydrogens (primary N) is 1. The molecule has 0 spiro atoms. The number of rotatable bonds is 4. The fraction of sp³-hybridized carbons (Fsp3) is 0.188. The summed E-state index contributed by atoms with van der Waals surface area (Å²) in [5.74, 6) is 0.305. The molecule has 0 saturated heterocycles. The van der Waals surface area contributed by atoms with Gasteiger partial charge in [-0.2, -0.15) is 0 Å². The molecule has 21 heavy (non-hydrogen) atoms. The van der Waals surface area contributed by atoms with Gasteiger partial charge in [0, 0.05) is 21.4 Å². The van der Waals surface area contributed by atoms with E-state index in [1.165, 1.54) is 7.11 Å². The number of carbonyl (C=O) groups excluding carboxylic acids is 1. The Kier molecular flexibility index (Phi) is 5.15. The predicted octanol–water partition coefficient (Wildman–Crippen LogP) is 4.31. The molecule has 5 heteroatoms. The molecule has 3 nitrogen and oxygen atoms in total. The summed E-state index contributed by atoms with van der Waals surface area (Å²) in [6, 6.07) is 11.4. The molecule has 2 N–H and O–H groups in total. The van der Waals surface area contributed by atoms with Crippen LogP contribution in [0.1, 0.15) is 21.5 Å². The van der Waals surface area contributed by atoms with E-state index in [0.717, 1.165) is 26.8 Å². The number of anilines is 1. The molecule has 0 unspecified atom stereocenters. The first-order valence-electron chi connectivity index (χ1n) is 6.37. The Morgan fingerprint density at radius 1 is 1.33 bits per heavy atom. The van der Waals surface area contributed by atoms with E-state index in [2.05, 4.69) is 0 Å². The molecule has 0 aliphatic rings. The van der Waals surface area contributed by atoms with E-state index in [1.807, 2.05) is 37.3 Å². The Balaban J connectivity index is 2.23. The average Bonchev–Trinajstić information content (AvgIpc) is 2.48. The monoisotopic (exact) mass is 321 g/mol. The number of halogens is 1. The molecule has 2 aromatic carbocycles. The standard InChI is InChI=1S/C16H16ClNO2S/c1-10-7-12(8-13(15(10)18)16(19)20-2)21-9-11-5-3-4-6-14(11)17/h3-8H,9,18H2,1-2H3. The fourth-order valence-corrected chi connectivity index (χ4v) is 3.22. The summed E-state index contributed by atoms with van der Waals surface area (Å²) in [5.41, 5.74) is 8.71. The Bertz CT molecular complexity index is 673. The lowest BCUT2D eigenvalue weighted by atomic mass is 10.1. The maximum absolute atomic E-state index is 11.7. The number of hydrogen-bond donors (Lipinski definition) is 1. The van der Waals surface area contributed by atoms with Crippen molar-refractivity contribution in [2.75, 3.05) is 12.8 Å². The second kappa shape index (κ2) is 6.87. The van der Waals surface area contributed by atoms with Crippen molar-refractivity contribution in [2.24, 2.45) is 0 Å². The van der Waals surface area contributed by atoms with Crippen LogP contribution >= 0.6 is 23.4 Å². The van der Waals surface area contributed by atoms with Crippen molar-refractivity contribution in [1.29, 1.82) is 0 Å². The van der Waals surface area contributed by atoms with Crippen molar-refractivity contribution >= 4 is 35.0 Å². The molecule has 0 heterocycles. The zero-order valence-electron chi connectivity index (χ0n) is 11.9. The van der Waals surface area contributed by atoms with Crippen LogP contribution in [0.2, 0.25) is 5.02 Å². The van der Waals surface area contributed by atoms with E-state index >= 15 is 0 Å². The van der Waals surface area contributed by atoms with Crippen LogP contribution in [-0.4, -0.2) is 13.1 Å². The Morgan fingerprint density at radius 2 is 2.05 bits per heavy atom. The third-order valence-corrected chi connectivity index (χ3v) is 4.51. The number of ether oxygens (including phenoxy) is 1. The molecule has 0 aromatic heterocycles. The van der Waals surface area contributed by atoms with Gasteiger partial charge in [0.25, 0.3) is 0 Å². The van der Waals surface area contributed by atoms with Crippen molar-refractivity contribution in [3.8, 4) is 0 Å². The highest BCUT2D eigenvalue weighted by atomic mass is 35.5. The highest BCUT2D eigenvalue weighted by Crippen LogP contribution is 2.30. The van der Waals surface area contributed by atoms with Gasteiger partial charge in [-0.3, -0.25) is 0 Å². The smallest absolute Gasteiger partial charge is 0.340 e. The van der Waals surface area contributed by atoms with Gasteiger partial charge in [0.15, 0.2) is 0 Å². The molecule has 0 bridgehead atoms. The van der Waals surface area contributed by atoms with Gasteiger partial charge in [0.1, 0.15) is 0 Å². The van der Waals surface area contributed by atoms with Crippen LogP contribution in [0.5, 0.6) is 0 Å². The summed E-state index contributed by atoms with van der Waals surface area (Å²) in [4.78, 5) is 12.7. The average molecular weight is 322 g/mol. The molecule has 0 aliphatic carbocycles. The van der Waals surface area contributed by atoms with Crippen LogP contribution < -0.4 is 5.73 Å². The first-order chi connectivity index (χ1) is 10.0. The Morgan fingerprint density at radius 3 is 2.71 bits per heavy atom. The number of esters is 1. The van der Waals surface area contributed by atoms with Crippen LogP contribution in [0.15, 0.2) is 41.3 Å². The van der Waals surface area contributed by atoms with Gasteiger partial charge in [-0.1, -0.05) is 29.8 Å². The fourth-order valence-electron chi connectivity index (χ4n) is 1.90. The van der Waals surface area contributed by atoms with Crippen LogP contribution in [0.4, 0.5) is 5.69 Å². The van der Waals surface area contributed by atoms with Gasteiger partial charge in [0.2, 0.25) is 0 Å². The normalized spacial score (nSPS) is 10.4. The summed E-state index contributed by atoms with van der Waals surface area (Å²) in [5, 5.41) is 0.741. The van der Waals surface area contributed by atoms with Crippen molar-refractivity contribution in [3.63, 3.8) is 0 Å². The SMILES string of the molecule is COC(=O)c1cc(SCc2ccccc2Cl)cc(C)c1N. The van der Waals surface area contributed by atoms with Gasteiger partial charge in [-0.05, 0) is 36.2 Å². The number of methoxy groups -OCH3 is 1. The van der Waals surface area contributed by atoms with Gasteiger partial charge in [-0.15, -0.1) is 11.8 Å². The molecule has 0 atom stereocenters. The highest BCUT2D eigenvalue weighted by molar-refractivity contribution is 7.98. The van der Waals surface area contributed by atoms with Gasteiger partial charge in [-0.25, -0.2) is 4.79 Å². The molecular weight excluding hydrogens is 306 g/mol. The first kappa shape index (κ1) is 15.7. The first-order valence-corrected chi connectivity index (χ1v) is 7.74. The number of thioether (sulfide) groups is 1. The number of hydrogen-bond acceptors (Lipinski definition) is 4. The maximum atomic E-state index is 11.7. The maximum Gasteiger partial charge on any atom is 0.340 e. The minimum atomic E-state index is -0.421. The van der Waals surface area contributed by atoms with Crippen LogP contribution in [0.3, 0.4) is 0 Å². The van der Waals surface area contributed by atoms with Crippen molar-refractivity contribution < 1.29 is 9.53 Å². The summed E-state index contributed by atoms with van der Waals surface area (Å²) in [6.45, 7) is 1.88. The lowest BCUT2D eigenvalue weighted by molar-refractivity contribution is 0.0601. The number of carbonyl (C=O) groups is 1. The molecular formula is C16H16ClNO2S. The van der Waals surface area contributed by atoms with Crippen LogP contribution in [0, 0.1) is 6.92 Å². The quantitative estimate of drug-likeness (QED) is 0.518. The summed E-state index contributed by atoms with van der Waals surface area (Å²) in [7, 11) is 1.35. The molecule has 0 aliphatic heterocycles. The minimum absolute atomic E-state index is 0.402. The lowest BCUT2D eigenvalue weighted by Gasteiger charge is -2.10. The van der Waals surface area contributed by atoms with Crippen LogP contribution in [0.25, 0.3) is 0 Å². The molecule has 0 radical (unpaired) electrons. The van der Waals surface area contributed by atoms with E-state index in [9.17, 15) is 4.79 Å². The van der Waals surface area contributed by atoms with Gasteiger partial charge < -0.3 is 10.5 Å². The number of aryl methyl sites for hydroxylation is 1. The summed E-state index contributed by atoms with van der Waals surface area (Å²) < 4.78 is 4.76. The van der Waals surface area contributed by atoms with Crippen LogP contribution in [-0.2, 0) is 10.5 Å². The second-order valence-corrected chi connectivity index (χ2v) is 6.03. The molecule has 0 amide bonds.